The van der Waals surface area contributed by atoms with Crippen LogP contribution in [0.1, 0.15) is 33.6 Å². The number of nitrogens with one attached hydrogen (secondary N) is 1. The summed E-state index contributed by atoms with van der Waals surface area (Å²) in [6.45, 7) is 4.73. The van der Waals surface area contributed by atoms with Gasteiger partial charge < -0.3 is 21.1 Å². The lowest BCUT2D eigenvalue weighted by Gasteiger charge is -2.32. The average Bonchev–Trinajstić information content (AvgIpc) is 3.08. The minimum atomic E-state index is -1.29. The topological polar surface area (TPSA) is 113 Å². The van der Waals surface area contributed by atoms with Gasteiger partial charge in [-0.3, -0.25) is 4.79 Å². The summed E-state index contributed by atoms with van der Waals surface area (Å²) in [4.78, 5) is 35.6. The largest absolute Gasteiger partial charge is 0.480 e. The van der Waals surface area contributed by atoms with Crippen LogP contribution in [0.25, 0.3) is 0 Å². The van der Waals surface area contributed by atoms with Crippen molar-refractivity contribution >= 4 is 17.9 Å². The number of carbonyl (C=O) groups is 3. The smallest absolute Gasteiger partial charge is 0.329 e. The lowest BCUT2D eigenvalue weighted by atomic mass is 9.96. The molecule has 0 heterocycles. The number of hydrogen-bond donors (Lipinski definition) is 3. The van der Waals surface area contributed by atoms with Gasteiger partial charge in [0.25, 0.3) is 0 Å². The molecule has 0 spiro atoms. The van der Waals surface area contributed by atoms with E-state index >= 15 is 0 Å². The Kier molecular flexibility index (Phi) is 4.39. The Morgan fingerprint density at radius 2 is 1.95 bits per heavy atom. The van der Waals surface area contributed by atoms with E-state index in [1.165, 1.54) is 11.8 Å². The molecular weight excluding hydrogens is 250 g/mol. The van der Waals surface area contributed by atoms with Crippen LogP contribution in [0.4, 0.5) is 4.79 Å². The van der Waals surface area contributed by atoms with Crippen LogP contribution in [0.5, 0.6) is 0 Å². The van der Waals surface area contributed by atoms with Crippen LogP contribution in [0.15, 0.2) is 0 Å². The Balaban J connectivity index is 2.79. The van der Waals surface area contributed by atoms with Crippen LogP contribution in [0.3, 0.4) is 0 Å². The Morgan fingerprint density at radius 1 is 1.42 bits per heavy atom. The van der Waals surface area contributed by atoms with Crippen LogP contribution in [0.2, 0.25) is 0 Å². The highest BCUT2D eigenvalue weighted by molar-refractivity contribution is 5.88. The van der Waals surface area contributed by atoms with E-state index in [9.17, 15) is 19.5 Å². The van der Waals surface area contributed by atoms with Crippen molar-refractivity contribution in [3.63, 3.8) is 0 Å². The minimum absolute atomic E-state index is 0.0588. The fourth-order valence-electron chi connectivity index (χ4n) is 1.94. The number of carbonyl (C=O) groups excluding carboxylic acids is 2. The Hall–Kier alpha value is -1.79. The number of carboxylic acid groups (broad SMARTS) is 1. The molecule has 0 bridgehead atoms. The summed E-state index contributed by atoms with van der Waals surface area (Å²) >= 11 is 0. The molecule has 1 atom stereocenters. The monoisotopic (exact) mass is 271 g/mol. The van der Waals surface area contributed by atoms with E-state index in [-0.39, 0.29) is 18.5 Å². The second-order valence-electron chi connectivity index (χ2n) is 5.40. The van der Waals surface area contributed by atoms with E-state index in [4.69, 9.17) is 5.73 Å². The SMILES string of the molecule is CC(C)N(CC(N)=O)C(=O)NC(C)(C(=O)O)C1CC1. The van der Waals surface area contributed by atoms with Gasteiger partial charge in [0, 0.05) is 6.04 Å². The third kappa shape index (κ3) is 3.59. The molecule has 7 nitrogen and oxygen atoms in total. The van der Waals surface area contributed by atoms with E-state index < -0.39 is 23.4 Å². The highest BCUT2D eigenvalue weighted by Gasteiger charge is 2.49. The molecule has 1 rings (SSSR count). The van der Waals surface area contributed by atoms with Crippen molar-refractivity contribution in [1.29, 1.82) is 0 Å². The highest BCUT2D eigenvalue weighted by atomic mass is 16.4. The third-order valence-electron chi connectivity index (χ3n) is 3.42. The second kappa shape index (κ2) is 5.46. The number of nitrogens with zero attached hydrogens (tertiary/aromatic N) is 1. The molecule has 0 saturated heterocycles. The molecule has 3 amide bonds. The van der Waals surface area contributed by atoms with Crippen molar-refractivity contribution in [1.82, 2.24) is 10.2 Å². The third-order valence-corrected chi connectivity index (χ3v) is 3.42. The van der Waals surface area contributed by atoms with Gasteiger partial charge in [-0.15, -0.1) is 0 Å². The molecule has 7 heteroatoms. The zero-order valence-electron chi connectivity index (χ0n) is 11.5. The van der Waals surface area contributed by atoms with Crippen LogP contribution < -0.4 is 11.1 Å². The summed E-state index contributed by atoms with van der Waals surface area (Å²) in [5, 5.41) is 11.8. The number of nitrogens with two attached hydrogens (primary N) is 1. The first-order valence-electron chi connectivity index (χ1n) is 6.29. The molecule has 4 N–H and O–H groups in total. The Labute approximate surface area is 112 Å². The summed E-state index contributed by atoms with van der Waals surface area (Å²) < 4.78 is 0. The average molecular weight is 271 g/mol. The molecule has 0 aromatic rings. The van der Waals surface area contributed by atoms with Crippen molar-refractivity contribution in [3.8, 4) is 0 Å². The van der Waals surface area contributed by atoms with E-state index in [0.29, 0.717) is 0 Å². The van der Waals surface area contributed by atoms with E-state index in [1.807, 2.05) is 0 Å². The first-order chi connectivity index (χ1) is 8.68. The predicted molar refractivity (Wildman–Crippen MR) is 68.3 cm³/mol. The molecule has 0 aliphatic heterocycles. The van der Waals surface area contributed by atoms with Crippen molar-refractivity contribution in [3.05, 3.63) is 0 Å². The van der Waals surface area contributed by atoms with Crippen LogP contribution in [-0.2, 0) is 9.59 Å². The van der Waals surface area contributed by atoms with Crippen LogP contribution >= 0.6 is 0 Å². The molecule has 0 aromatic carbocycles. The maximum absolute atomic E-state index is 12.1. The van der Waals surface area contributed by atoms with E-state index in [2.05, 4.69) is 5.32 Å². The van der Waals surface area contributed by atoms with Crippen molar-refractivity contribution in [2.45, 2.75) is 45.2 Å². The van der Waals surface area contributed by atoms with Gasteiger partial charge in [0.1, 0.15) is 12.1 Å². The molecule has 1 aliphatic rings. The molecule has 1 unspecified atom stereocenters. The van der Waals surface area contributed by atoms with Crippen molar-refractivity contribution in [2.24, 2.45) is 11.7 Å². The number of carboxylic acids is 1. The first kappa shape index (κ1) is 15.3. The number of urea groups is 1. The van der Waals surface area contributed by atoms with Gasteiger partial charge in [0.2, 0.25) is 5.91 Å². The zero-order chi connectivity index (χ0) is 14.8. The predicted octanol–water partition coefficient (Wildman–Crippen LogP) is 0.145. The van der Waals surface area contributed by atoms with Gasteiger partial charge >= 0.3 is 12.0 Å². The van der Waals surface area contributed by atoms with Gasteiger partial charge in [-0.1, -0.05) is 0 Å². The molecule has 0 aromatic heterocycles. The molecule has 1 aliphatic carbocycles. The van der Waals surface area contributed by atoms with Gasteiger partial charge in [-0.2, -0.15) is 0 Å². The maximum Gasteiger partial charge on any atom is 0.329 e. The quantitative estimate of drug-likeness (QED) is 0.638. The molecule has 1 saturated carbocycles. The number of hydrogen-bond acceptors (Lipinski definition) is 3. The van der Waals surface area contributed by atoms with E-state index in [0.717, 1.165) is 12.8 Å². The van der Waals surface area contributed by atoms with Gasteiger partial charge in [0.15, 0.2) is 0 Å². The molecule has 0 radical (unpaired) electrons. The fourth-order valence-corrected chi connectivity index (χ4v) is 1.94. The highest BCUT2D eigenvalue weighted by Crippen LogP contribution is 2.39. The fraction of sp³-hybridized carbons (Fsp3) is 0.750. The maximum atomic E-state index is 12.1. The number of aliphatic carboxylic acids is 1. The van der Waals surface area contributed by atoms with Gasteiger partial charge in [-0.25, -0.2) is 9.59 Å². The molecule has 19 heavy (non-hydrogen) atoms. The van der Waals surface area contributed by atoms with Crippen molar-refractivity contribution in [2.75, 3.05) is 6.54 Å². The number of primary amides is 1. The lowest BCUT2D eigenvalue weighted by molar-refractivity contribution is -0.144. The normalized spacial score (nSPS) is 17.7. The molecule has 1 fully saturated rings. The summed E-state index contributed by atoms with van der Waals surface area (Å²) in [7, 11) is 0. The Morgan fingerprint density at radius 3 is 2.26 bits per heavy atom. The first-order valence-corrected chi connectivity index (χ1v) is 6.29. The van der Waals surface area contributed by atoms with Crippen molar-refractivity contribution < 1.29 is 19.5 Å². The summed E-state index contributed by atoms with van der Waals surface area (Å²) in [5.74, 6) is -1.75. The number of amides is 3. The van der Waals surface area contributed by atoms with Gasteiger partial charge in [0.05, 0.1) is 0 Å². The zero-order valence-corrected chi connectivity index (χ0v) is 11.5. The molecule has 108 valence electrons. The summed E-state index contributed by atoms with van der Waals surface area (Å²) in [6, 6.07) is -0.824. The summed E-state index contributed by atoms with van der Waals surface area (Å²) in [6.07, 6.45) is 1.56. The molecular formula is C12H21N3O4. The second-order valence-corrected chi connectivity index (χ2v) is 5.40. The van der Waals surface area contributed by atoms with Crippen LogP contribution in [-0.4, -0.2) is 46.0 Å². The standard InChI is InChI=1S/C12H21N3O4/c1-7(2)15(6-9(13)16)11(19)14-12(3,10(17)18)8-4-5-8/h7-8H,4-6H2,1-3H3,(H2,13,16)(H,14,19)(H,17,18). The lowest BCUT2D eigenvalue weighted by Crippen LogP contribution is -2.59. The minimum Gasteiger partial charge on any atom is -0.480 e. The summed E-state index contributed by atoms with van der Waals surface area (Å²) in [5.41, 5.74) is 3.80. The van der Waals surface area contributed by atoms with Crippen LogP contribution in [0, 0.1) is 5.92 Å². The van der Waals surface area contributed by atoms with E-state index in [1.54, 1.807) is 13.8 Å². The number of rotatable bonds is 6. The van der Waals surface area contributed by atoms with Gasteiger partial charge in [-0.05, 0) is 39.5 Å². The Bertz CT molecular complexity index is 392.